The van der Waals surface area contributed by atoms with Crippen molar-refractivity contribution in [3.05, 3.63) is 71.8 Å². The maximum absolute atomic E-state index is 10.8. The van der Waals surface area contributed by atoms with E-state index in [2.05, 4.69) is 53.8 Å². The monoisotopic (exact) mass is 367 g/mol. The lowest BCUT2D eigenvalue weighted by Gasteiger charge is -2.15. The Kier molecular flexibility index (Phi) is 10.7. The zero-order chi connectivity index (χ0) is 15.5. The highest BCUT2D eigenvalue weighted by Crippen LogP contribution is 2.17. The van der Waals surface area contributed by atoms with Crippen molar-refractivity contribution in [3.8, 4) is 0 Å². The van der Waals surface area contributed by atoms with E-state index in [1.807, 2.05) is 35.7 Å². The highest BCUT2D eigenvalue weighted by Gasteiger charge is 2.08. The van der Waals surface area contributed by atoms with E-state index in [0.29, 0.717) is 0 Å². The Balaban J connectivity index is 0.00000264. The molecule has 0 aliphatic rings. The lowest BCUT2D eigenvalue weighted by Crippen LogP contribution is -2.32. The van der Waals surface area contributed by atoms with Gasteiger partial charge in [-0.2, -0.15) is 23.5 Å². The molecule has 0 unspecified atom stereocenters. The van der Waals surface area contributed by atoms with Crippen LogP contribution in [0.2, 0.25) is 0 Å². The quantitative estimate of drug-likeness (QED) is 0.631. The molecule has 0 aliphatic heterocycles. The van der Waals surface area contributed by atoms with Gasteiger partial charge in [0.1, 0.15) is 0 Å². The Morgan fingerprint density at radius 2 is 1.26 bits per heavy atom. The van der Waals surface area contributed by atoms with Crippen molar-refractivity contribution in [1.82, 2.24) is 5.32 Å². The summed E-state index contributed by atoms with van der Waals surface area (Å²) in [6, 6.07) is 21.1. The van der Waals surface area contributed by atoms with E-state index in [0.717, 1.165) is 29.4 Å². The van der Waals surface area contributed by atoms with Crippen molar-refractivity contribution in [2.24, 2.45) is 0 Å². The predicted octanol–water partition coefficient (Wildman–Crippen LogP) is 4.39. The van der Waals surface area contributed by atoms with E-state index in [1.165, 1.54) is 11.1 Å². The maximum Gasteiger partial charge on any atom is 0.207 e. The number of benzene rings is 2. The highest BCUT2D eigenvalue weighted by molar-refractivity contribution is 7.99. The molecule has 23 heavy (non-hydrogen) atoms. The molecule has 124 valence electrons. The van der Waals surface area contributed by atoms with Crippen LogP contribution in [0.25, 0.3) is 0 Å². The first kappa shape index (κ1) is 19.9. The second-order valence-electron chi connectivity index (χ2n) is 4.98. The molecule has 0 bridgehead atoms. The first-order chi connectivity index (χ1) is 10.9. The van der Waals surface area contributed by atoms with Crippen molar-refractivity contribution in [2.45, 2.75) is 17.5 Å². The van der Waals surface area contributed by atoms with Gasteiger partial charge in [-0.15, -0.1) is 12.4 Å². The third kappa shape index (κ3) is 8.35. The van der Waals surface area contributed by atoms with Gasteiger partial charge in [0.25, 0.3) is 0 Å². The Bertz CT molecular complexity index is 494. The summed E-state index contributed by atoms with van der Waals surface area (Å²) >= 11 is 3.73. The van der Waals surface area contributed by atoms with Crippen LogP contribution in [0.1, 0.15) is 11.1 Å². The van der Waals surface area contributed by atoms with Gasteiger partial charge in [0.05, 0.1) is 0 Å². The van der Waals surface area contributed by atoms with Crippen molar-refractivity contribution in [1.29, 1.82) is 0 Å². The van der Waals surface area contributed by atoms with Crippen LogP contribution in [0.4, 0.5) is 0 Å². The van der Waals surface area contributed by atoms with Crippen LogP contribution in [0.5, 0.6) is 0 Å². The maximum atomic E-state index is 10.8. The molecule has 5 heteroatoms. The lowest BCUT2D eigenvalue weighted by atomic mass is 10.2. The van der Waals surface area contributed by atoms with Gasteiger partial charge in [0, 0.05) is 29.1 Å². The zero-order valence-corrected chi connectivity index (χ0v) is 15.3. The molecular weight excluding hydrogens is 346 g/mol. The van der Waals surface area contributed by atoms with E-state index in [4.69, 9.17) is 0 Å². The molecule has 0 atom stereocenters. The average Bonchev–Trinajstić information content (AvgIpc) is 2.57. The molecule has 1 N–H and O–H groups in total. The summed E-state index contributed by atoms with van der Waals surface area (Å²) in [6.45, 7) is 0. The lowest BCUT2D eigenvalue weighted by molar-refractivity contribution is -0.109. The minimum atomic E-state index is 0. The fraction of sp³-hybridized carbons (Fsp3) is 0.278. The van der Waals surface area contributed by atoms with Crippen LogP contribution in [-0.4, -0.2) is 24.0 Å². The Labute approximate surface area is 153 Å². The standard InChI is InChI=1S/C18H21NOS2.ClH/c20-15-19-18(13-21-11-16-7-3-1-4-8-16)14-22-12-17-9-5-2-6-10-17;/h1-10,15,18H,11-14H2,(H,19,20);1H. The summed E-state index contributed by atoms with van der Waals surface area (Å²) in [5, 5.41) is 2.93. The van der Waals surface area contributed by atoms with Gasteiger partial charge in [-0.05, 0) is 11.1 Å². The Morgan fingerprint density at radius 1 is 0.826 bits per heavy atom. The summed E-state index contributed by atoms with van der Waals surface area (Å²) in [7, 11) is 0. The van der Waals surface area contributed by atoms with Crippen LogP contribution >= 0.6 is 35.9 Å². The molecular formula is C18H22ClNOS2. The van der Waals surface area contributed by atoms with Crippen LogP contribution < -0.4 is 5.32 Å². The second kappa shape index (κ2) is 12.3. The van der Waals surface area contributed by atoms with Gasteiger partial charge in [0.15, 0.2) is 0 Å². The number of rotatable bonds is 10. The number of carbonyl (C=O) groups excluding carboxylic acids is 1. The molecule has 0 heterocycles. The van der Waals surface area contributed by atoms with E-state index in [1.54, 1.807) is 0 Å². The van der Waals surface area contributed by atoms with Gasteiger partial charge in [-0.25, -0.2) is 0 Å². The number of thioether (sulfide) groups is 2. The molecule has 0 saturated heterocycles. The smallest absolute Gasteiger partial charge is 0.207 e. The first-order valence-corrected chi connectivity index (χ1v) is 9.62. The van der Waals surface area contributed by atoms with Crippen LogP contribution in [0.15, 0.2) is 60.7 Å². The second-order valence-corrected chi connectivity index (χ2v) is 7.04. The number of amides is 1. The van der Waals surface area contributed by atoms with Crippen molar-refractivity contribution < 1.29 is 4.79 Å². The van der Waals surface area contributed by atoms with Crippen LogP contribution in [0, 0.1) is 0 Å². The number of nitrogens with one attached hydrogen (secondary N) is 1. The molecule has 0 aliphatic carbocycles. The van der Waals surface area contributed by atoms with E-state index in [9.17, 15) is 4.79 Å². The molecule has 0 aromatic heterocycles. The summed E-state index contributed by atoms with van der Waals surface area (Å²) in [4.78, 5) is 10.8. The molecule has 2 rings (SSSR count). The van der Waals surface area contributed by atoms with Gasteiger partial charge in [-0.3, -0.25) is 4.79 Å². The van der Waals surface area contributed by atoms with E-state index < -0.39 is 0 Å². The summed E-state index contributed by atoms with van der Waals surface area (Å²) in [5.41, 5.74) is 2.66. The molecule has 2 aromatic rings. The molecule has 0 fully saturated rings. The fourth-order valence-corrected chi connectivity index (χ4v) is 4.27. The normalized spacial score (nSPS) is 10.1. The molecule has 0 radical (unpaired) electrons. The van der Waals surface area contributed by atoms with Crippen LogP contribution in [-0.2, 0) is 16.3 Å². The Hall–Kier alpha value is -1.10. The third-order valence-electron chi connectivity index (χ3n) is 3.16. The number of hydrogen-bond acceptors (Lipinski definition) is 3. The molecule has 2 aromatic carbocycles. The van der Waals surface area contributed by atoms with E-state index in [-0.39, 0.29) is 18.4 Å². The zero-order valence-electron chi connectivity index (χ0n) is 12.9. The highest BCUT2D eigenvalue weighted by atomic mass is 35.5. The summed E-state index contributed by atoms with van der Waals surface area (Å²) in [5.74, 6) is 3.85. The summed E-state index contributed by atoms with van der Waals surface area (Å²) < 4.78 is 0. The predicted molar refractivity (Wildman–Crippen MR) is 105 cm³/mol. The Morgan fingerprint density at radius 3 is 1.65 bits per heavy atom. The number of halogens is 1. The minimum absolute atomic E-state index is 0. The summed E-state index contributed by atoms with van der Waals surface area (Å²) in [6.07, 6.45) is 0.816. The number of carbonyl (C=O) groups is 1. The van der Waals surface area contributed by atoms with Gasteiger partial charge in [0.2, 0.25) is 6.41 Å². The van der Waals surface area contributed by atoms with Crippen molar-refractivity contribution in [3.63, 3.8) is 0 Å². The van der Waals surface area contributed by atoms with Crippen LogP contribution in [0.3, 0.4) is 0 Å². The minimum Gasteiger partial charge on any atom is -0.354 e. The average molecular weight is 368 g/mol. The largest absolute Gasteiger partial charge is 0.354 e. The van der Waals surface area contributed by atoms with Crippen molar-refractivity contribution in [2.75, 3.05) is 11.5 Å². The van der Waals surface area contributed by atoms with E-state index >= 15 is 0 Å². The van der Waals surface area contributed by atoms with Gasteiger partial charge in [-0.1, -0.05) is 60.7 Å². The molecule has 0 spiro atoms. The number of hydrogen-bond donors (Lipinski definition) is 1. The third-order valence-corrected chi connectivity index (χ3v) is 5.52. The van der Waals surface area contributed by atoms with Crippen molar-refractivity contribution >= 4 is 42.3 Å². The first-order valence-electron chi connectivity index (χ1n) is 7.31. The SMILES string of the molecule is Cl.O=CNC(CSCc1ccccc1)CSCc1ccccc1. The molecule has 0 saturated carbocycles. The van der Waals surface area contributed by atoms with Gasteiger partial charge < -0.3 is 5.32 Å². The molecule has 1 amide bonds. The molecule has 2 nitrogen and oxygen atoms in total. The topological polar surface area (TPSA) is 29.1 Å². The fourth-order valence-electron chi connectivity index (χ4n) is 2.03. The van der Waals surface area contributed by atoms with Gasteiger partial charge >= 0.3 is 0 Å².